The maximum absolute atomic E-state index is 6.32. The van der Waals surface area contributed by atoms with E-state index in [0.29, 0.717) is 0 Å². The van der Waals surface area contributed by atoms with Gasteiger partial charge in [-0.2, -0.15) is 0 Å². The van der Waals surface area contributed by atoms with Crippen LogP contribution < -0.4 is 10.2 Å². The molecule has 1 aliphatic heterocycles. The molecule has 3 heteroatoms. The number of aryl methyl sites for hydroxylation is 1. The largest absolute Gasteiger partial charge is 0.356 e. The first-order valence-corrected chi connectivity index (χ1v) is 5.43. The van der Waals surface area contributed by atoms with Crippen LogP contribution in [0.3, 0.4) is 0 Å². The van der Waals surface area contributed by atoms with Crippen LogP contribution in [-0.2, 0) is 6.42 Å². The highest BCUT2D eigenvalue weighted by Crippen LogP contribution is 2.29. The summed E-state index contributed by atoms with van der Waals surface area (Å²) in [6, 6.07) is 6.27. The zero-order valence-electron chi connectivity index (χ0n) is 8.39. The molecular formula is C11H15ClN2. The lowest BCUT2D eigenvalue weighted by Gasteiger charge is -2.19. The van der Waals surface area contributed by atoms with Crippen LogP contribution in [0.2, 0.25) is 5.02 Å². The molecule has 2 nitrogen and oxygen atoms in total. The smallest absolute Gasteiger partial charge is 0.0683 e. The Morgan fingerprint density at radius 3 is 3.00 bits per heavy atom. The van der Waals surface area contributed by atoms with Crippen molar-refractivity contribution in [3.63, 3.8) is 0 Å². The Bertz CT molecular complexity index is 319. The molecule has 2 rings (SSSR count). The van der Waals surface area contributed by atoms with Crippen LogP contribution in [0.1, 0.15) is 12.5 Å². The minimum Gasteiger partial charge on any atom is -0.356 e. The minimum atomic E-state index is 0.910. The molecule has 0 radical (unpaired) electrons. The topological polar surface area (TPSA) is 15.3 Å². The molecular weight excluding hydrogens is 196 g/mol. The fraction of sp³-hybridized carbons (Fsp3) is 0.455. The number of nitrogens with zero attached hydrogens (tertiary/aromatic N) is 1. The maximum Gasteiger partial charge on any atom is 0.0683 e. The van der Waals surface area contributed by atoms with Crippen LogP contribution >= 0.6 is 11.6 Å². The third-order valence-electron chi connectivity index (χ3n) is 2.64. The summed E-state index contributed by atoms with van der Waals surface area (Å²) in [6.07, 6.45) is 0.994. The number of halogens is 1. The number of anilines is 1. The number of rotatable bonds is 2. The van der Waals surface area contributed by atoms with E-state index in [1.807, 2.05) is 0 Å². The van der Waals surface area contributed by atoms with Crippen molar-refractivity contribution in [2.45, 2.75) is 13.3 Å². The molecule has 0 saturated carbocycles. The summed E-state index contributed by atoms with van der Waals surface area (Å²) >= 11 is 6.32. The molecule has 1 aliphatic rings. The molecule has 1 heterocycles. The Hall–Kier alpha value is -0.730. The zero-order chi connectivity index (χ0) is 9.97. The average molecular weight is 211 g/mol. The van der Waals surface area contributed by atoms with E-state index in [0.717, 1.165) is 36.9 Å². The summed E-state index contributed by atoms with van der Waals surface area (Å²) in [4.78, 5) is 2.28. The molecule has 14 heavy (non-hydrogen) atoms. The maximum atomic E-state index is 6.32. The highest BCUT2D eigenvalue weighted by atomic mass is 35.5. The van der Waals surface area contributed by atoms with E-state index in [1.165, 1.54) is 5.56 Å². The quantitative estimate of drug-likeness (QED) is 0.806. The summed E-state index contributed by atoms with van der Waals surface area (Å²) < 4.78 is 0. The number of hydrogen-bond acceptors (Lipinski definition) is 2. The molecule has 1 N–H and O–H groups in total. The van der Waals surface area contributed by atoms with E-state index in [1.54, 1.807) is 0 Å². The molecule has 0 bridgehead atoms. The van der Waals surface area contributed by atoms with E-state index >= 15 is 0 Å². The van der Waals surface area contributed by atoms with Crippen LogP contribution in [0, 0.1) is 0 Å². The highest BCUT2D eigenvalue weighted by Gasteiger charge is 2.15. The predicted octanol–water partition coefficient (Wildman–Crippen LogP) is 2.27. The average Bonchev–Trinajstić information content (AvgIpc) is 2.71. The van der Waals surface area contributed by atoms with Crippen molar-refractivity contribution >= 4 is 17.3 Å². The molecule has 0 unspecified atom stereocenters. The van der Waals surface area contributed by atoms with Crippen LogP contribution in [0.5, 0.6) is 0 Å². The Morgan fingerprint density at radius 2 is 2.36 bits per heavy atom. The van der Waals surface area contributed by atoms with E-state index in [-0.39, 0.29) is 0 Å². The van der Waals surface area contributed by atoms with Crippen LogP contribution in [0.15, 0.2) is 18.2 Å². The van der Waals surface area contributed by atoms with Gasteiger partial charge in [0, 0.05) is 13.1 Å². The monoisotopic (exact) mass is 210 g/mol. The molecule has 0 atom stereocenters. The molecule has 76 valence electrons. The molecule has 1 aromatic carbocycles. The normalized spacial score (nSPS) is 16.3. The highest BCUT2D eigenvalue weighted by molar-refractivity contribution is 6.34. The second-order valence-corrected chi connectivity index (χ2v) is 3.90. The summed E-state index contributed by atoms with van der Waals surface area (Å²) in [5.41, 5.74) is 2.40. The van der Waals surface area contributed by atoms with Gasteiger partial charge in [0.1, 0.15) is 0 Å². The van der Waals surface area contributed by atoms with E-state index in [9.17, 15) is 0 Å². The molecule has 0 amide bonds. The third-order valence-corrected chi connectivity index (χ3v) is 3.08. The van der Waals surface area contributed by atoms with Crippen molar-refractivity contribution in [2.24, 2.45) is 0 Å². The fourth-order valence-electron chi connectivity index (χ4n) is 1.80. The van der Waals surface area contributed by atoms with Gasteiger partial charge in [-0.3, -0.25) is 5.32 Å². The summed E-state index contributed by atoms with van der Waals surface area (Å²) in [6.45, 7) is 5.14. The second kappa shape index (κ2) is 4.20. The third kappa shape index (κ3) is 1.72. The summed E-state index contributed by atoms with van der Waals surface area (Å²) in [5, 5.41) is 4.22. The van der Waals surface area contributed by atoms with Gasteiger partial charge in [0.05, 0.1) is 17.4 Å². The zero-order valence-corrected chi connectivity index (χ0v) is 9.14. The van der Waals surface area contributed by atoms with Crippen molar-refractivity contribution < 1.29 is 0 Å². The van der Waals surface area contributed by atoms with E-state index in [4.69, 9.17) is 11.6 Å². The second-order valence-electron chi connectivity index (χ2n) is 3.53. The van der Waals surface area contributed by atoms with Gasteiger partial charge in [-0.1, -0.05) is 30.7 Å². The molecule has 0 aromatic heterocycles. The van der Waals surface area contributed by atoms with Gasteiger partial charge in [0.25, 0.3) is 0 Å². The van der Waals surface area contributed by atoms with E-state index in [2.05, 4.69) is 35.3 Å². The van der Waals surface area contributed by atoms with Gasteiger partial charge < -0.3 is 4.90 Å². The van der Waals surface area contributed by atoms with Crippen LogP contribution in [0.25, 0.3) is 0 Å². The lowest BCUT2D eigenvalue weighted by molar-refractivity contribution is 0.855. The van der Waals surface area contributed by atoms with Crippen molar-refractivity contribution in [1.82, 2.24) is 5.32 Å². The molecule has 1 fully saturated rings. The molecule has 0 aliphatic carbocycles. The predicted molar refractivity (Wildman–Crippen MR) is 61.0 cm³/mol. The molecule has 1 saturated heterocycles. The Balaban J connectivity index is 2.32. The Morgan fingerprint density at radius 1 is 1.50 bits per heavy atom. The van der Waals surface area contributed by atoms with Crippen molar-refractivity contribution in [2.75, 3.05) is 24.7 Å². The lowest BCUT2D eigenvalue weighted by atomic mass is 10.1. The van der Waals surface area contributed by atoms with Gasteiger partial charge in [0.15, 0.2) is 0 Å². The molecule has 1 aromatic rings. The van der Waals surface area contributed by atoms with Crippen LogP contribution in [0.4, 0.5) is 5.69 Å². The Kier molecular flexibility index (Phi) is 2.94. The number of hydrogen-bond donors (Lipinski definition) is 1. The Labute approximate surface area is 89.9 Å². The fourth-order valence-corrected chi connectivity index (χ4v) is 2.18. The van der Waals surface area contributed by atoms with Crippen molar-refractivity contribution in [1.29, 1.82) is 0 Å². The first-order chi connectivity index (χ1) is 6.83. The lowest BCUT2D eigenvalue weighted by Crippen LogP contribution is -2.21. The number of benzene rings is 1. The summed E-state index contributed by atoms with van der Waals surface area (Å²) in [7, 11) is 0. The van der Waals surface area contributed by atoms with Gasteiger partial charge in [-0.25, -0.2) is 0 Å². The van der Waals surface area contributed by atoms with Gasteiger partial charge in [-0.15, -0.1) is 0 Å². The van der Waals surface area contributed by atoms with Crippen LogP contribution in [-0.4, -0.2) is 19.8 Å². The number of nitrogens with one attached hydrogen (secondary N) is 1. The standard InChI is InChI=1S/C11H15ClN2/c1-2-9-4-3-5-10(11(9)12)14-7-6-13-8-14/h3-5,13H,2,6-8H2,1H3. The van der Waals surface area contributed by atoms with Crippen molar-refractivity contribution in [3.8, 4) is 0 Å². The first kappa shape index (κ1) is 9.81. The minimum absolute atomic E-state index is 0.910. The molecule has 0 spiro atoms. The van der Waals surface area contributed by atoms with Crippen molar-refractivity contribution in [3.05, 3.63) is 28.8 Å². The first-order valence-electron chi connectivity index (χ1n) is 5.06. The summed E-state index contributed by atoms with van der Waals surface area (Å²) in [5.74, 6) is 0. The van der Waals surface area contributed by atoms with E-state index < -0.39 is 0 Å². The van der Waals surface area contributed by atoms with Gasteiger partial charge in [0.2, 0.25) is 0 Å². The van der Waals surface area contributed by atoms with Gasteiger partial charge >= 0.3 is 0 Å². The van der Waals surface area contributed by atoms with Gasteiger partial charge in [-0.05, 0) is 18.1 Å². The SMILES string of the molecule is CCc1cccc(N2CCNC2)c1Cl.